The van der Waals surface area contributed by atoms with Crippen molar-refractivity contribution in [3.8, 4) is 11.8 Å². The minimum absolute atomic E-state index is 0.130. The lowest BCUT2D eigenvalue weighted by Crippen LogP contribution is -2.43. The van der Waals surface area contributed by atoms with Crippen molar-refractivity contribution < 1.29 is 9.84 Å². The van der Waals surface area contributed by atoms with Gasteiger partial charge < -0.3 is 9.84 Å². The fourth-order valence-corrected chi connectivity index (χ4v) is 4.16. The summed E-state index contributed by atoms with van der Waals surface area (Å²) in [7, 11) is 0. The van der Waals surface area contributed by atoms with Crippen molar-refractivity contribution in [1.82, 2.24) is 4.90 Å². The van der Waals surface area contributed by atoms with Gasteiger partial charge in [-0.2, -0.15) is 5.26 Å². The predicted octanol–water partition coefficient (Wildman–Crippen LogP) is 2.95. The van der Waals surface area contributed by atoms with Crippen molar-refractivity contribution in [2.75, 3.05) is 19.7 Å². The number of hydrogen-bond donors (Lipinski definition) is 1. The zero-order valence-corrected chi connectivity index (χ0v) is 13.7. The molecular weight excluding hydrogens is 288 g/mol. The molecule has 124 valence electrons. The van der Waals surface area contributed by atoms with Gasteiger partial charge in [0.15, 0.2) is 0 Å². The Bertz CT molecular complexity index is 555. The number of likely N-dealkylation sites (tertiary alicyclic amines) is 1. The third kappa shape index (κ3) is 3.85. The average molecular weight is 314 g/mol. The summed E-state index contributed by atoms with van der Waals surface area (Å²) < 4.78 is 5.83. The van der Waals surface area contributed by atoms with E-state index < -0.39 is 0 Å². The van der Waals surface area contributed by atoms with Crippen LogP contribution in [0.1, 0.15) is 44.1 Å². The molecule has 1 heterocycles. The second-order valence-electron chi connectivity index (χ2n) is 6.72. The average Bonchev–Trinajstić information content (AvgIpc) is 3.04. The van der Waals surface area contributed by atoms with Crippen LogP contribution in [0.3, 0.4) is 0 Å². The van der Waals surface area contributed by atoms with Crippen LogP contribution in [0.2, 0.25) is 0 Å². The van der Waals surface area contributed by atoms with Gasteiger partial charge in [-0.3, -0.25) is 4.90 Å². The maximum Gasteiger partial charge on any atom is 0.137 e. The molecule has 23 heavy (non-hydrogen) atoms. The lowest BCUT2D eigenvalue weighted by atomic mass is 9.80. The molecule has 4 heteroatoms. The number of hydrogen-bond acceptors (Lipinski definition) is 4. The topological polar surface area (TPSA) is 56.5 Å². The van der Waals surface area contributed by atoms with Crippen molar-refractivity contribution >= 4 is 0 Å². The van der Waals surface area contributed by atoms with Crippen molar-refractivity contribution in [3.63, 3.8) is 0 Å². The van der Waals surface area contributed by atoms with Crippen LogP contribution in [-0.4, -0.2) is 41.8 Å². The van der Waals surface area contributed by atoms with Gasteiger partial charge in [-0.15, -0.1) is 0 Å². The minimum Gasteiger partial charge on any atom is -0.491 e. The number of nitrogens with zero attached hydrogens (tertiary/aromatic N) is 2. The van der Waals surface area contributed by atoms with E-state index in [0.29, 0.717) is 29.9 Å². The summed E-state index contributed by atoms with van der Waals surface area (Å²) in [6.07, 6.45) is 6.80. The molecule has 1 aliphatic carbocycles. The summed E-state index contributed by atoms with van der Waals surface area (Å²) in [5.41, 5.74) is 0.591. The van der Waals surface area contributed by atoms with E-state index in [1.165, 1.54) is 25.7 Å². The zero-order valence-electron chi connectivity index (χ0n) is 13.7. The first-order valence-corrected chi connectivity index (χ1v) is 8.83. The van der Waals surface area contributed by atoms with E-state index in [1.54, 1.807) is 6.07 Å². The van der Waals surface area contributed by atoms with E-state index in [2.05, 4.69) is 11.0 Å². The number of aliphatic hydroxyl groups excluding tert-OH is 1. The molecule has 0 radical (unpaired) electrons. The Kier molecular flexibility index (Phi) is 5.53. The Morgan fingerprint density at radius 3 is 2.83 bits per heavy atom. The second kappa shape index (κ2) is 7.81. The molecule has 1 saturated heterocycles. The van der Waals surface area contributed by atoms with E-state index in [9.17, 15) is 5.11 Å². The molecule has 3 atom stereocenters. The molecule has 0 spiro atoms. The molecule has 3 unspecified atom stereocenters. The largest absolute Gasteiger partial charge is 0.491 e. The van der Waals surface area contributed by atoms with Crippen LogP contribution in [0.25, 0.3) is 0 Å². The Hall–Kier alpha value is -1.57. The van der Waals surface area contributed by atoms with Crippen molar-refractivity contribution in [2.45, 2.75) is 50.7 Å². The van der Waals surface area contributed by atoms with E-state index in [0.717, 1.165) is 25.9 Å². The minimum atomic E-state index is -0.130. The SMILES string of the molecule is N#Cc1ccccc1OCCN1CCCC1C1CCCCC1O. The third-order valence-electron chi connectivity index (χ3n) is 5.33. The maximum absolute atomic E-state index is 10.3. The van der Waals surface area contributed by atoms with Crippen LogP contribution in [0, 0.1) is 17.2 Å². The molecular formula is C19H26N2O2. The van der Waals surface area contributed by atoms with E-state index in [4.69, 9.17) is 10.00 Å². The lowest BCUT2D eigenvalue weighted by molar-refractivity contribution is 0.0193. The number of nitriles is 1. The monoisotopic (exact) mass is 314 g/mol. The molecule has 1 N–H and O–H groups in total. The predicted molar refractivity (Wildman–Crippen MR) is 89.2 cm³/mol. The van der Waals surface area contributed by atoms with E-state index in [1.807, 2.05) is 18.2 Å². The molecule has 0 amide bonds. The molecule has 1 aromatic rings. The number of aliphatic hydroxyl groups is 1. The summed E-state index contributed by atoms with van der Waals surface area (Å²) in [5.74, 6) is 1.10. The van der Waals surface area contributed by atoms with E-state index in [-0.39, 0.29) is 6.10 Å². The molecule has 2 fully saturated rings. The molecule has 4 nitrogen and oxygen atoms in total. The van der Waals surface area contributed by atoms with Gasteiger partial charge in [0, 0.05) is 18.5 Å². The Morgan fingerprint density at radius 2 is 2.00 bits per heavy atom. The van der Waals surface area contributed by atoms with Crippen LogP contribution in [0.5, 0.6) is 5.75 Å². The Labute approximate surface area is 138 Å². The summed E-state index contributed by atoms with van der Waals surface area (Å²) in [5, 5.41) is 19.4. The highest BCUT2D eigenvalue weighted by Crippen LogP contribution is 2.34. The van der Waals surface area contributed by atoms with Gasteiger partial charge in [0.1, 0.15) is 18.4 Å². The summed E-state index contributed by atoms with van der Waals surface area (Å²) in [6.45, 7) is 2.56. The van der Waals surface area contributed by atoms with Gasteiger partial charge in [-0.25, -0.2) is 0 Å². The van der Waals surface area contributed by atoms with Crippen LogP contribution < -0.4 is 4.74 Å². The van der Waals surface area contributed by atoms with Crippen LogP contribution in [-0.2, 0) is 0 Å². The molecule has 2 aliphatic rings. The first kappa shape index (κ1) is 16.3. The van der Waals surface area contributed by atoms with Crippen molar-refractivity contribution in [2.24, 2.45) is 5.92 Å². The van der Waals surface area contributed by atoms with Crippen LogP contribution in [0.4, 0.5) is 0 Å². The van der Waals surface area contributed by atoms with Gasteiger partial charge in [0.2, 0.25) is 0 Å². The standard InChI is InChI=1S/C19H26N2O2/c20-14-15-6-1-4-10-19(15)23-13-12-21-11-5-8-17(21)16-7-2-3-9-18(16)22/h1,4,6,10,16-18,22H,2-3,5,7-9,11-13H2. The number of para-hydroxylation sites is 1. The lowest BCUT2D eigenvalue weighted by Gasteiger charge is -2.37. The zero-order chi connectivity index (χ0) is 16.1. The molecule has 0 aromatic heterocycles. The van der Waals surface area contributed by atoms with Crippen LogP contribution in [0.15, 0.2) is 24.3 Å². The normalized spacial score (nSPS) is 28.4. The quantitative estimate of drug-likeness (QED) is 0.908. The summed E-state index contributed by atoms with van der Waals surface area (Å²) in [4.78, 5) is 2.48. The first-order valence-electron chi connectivity index (χ1n) is 8.83. The summed E-state index contributed by atoms with van der Waals surface area (Å²) >= 11 is 0. The number of ether oxygens (including phenoxy) is 1. The van der Waals surface area contributed by atoms with E-state index >= 15 is 0 Å². The van der Waals surface area contributed by atoms with Gasteiger partial charge in [0.25, 0.3) is 0 Å². The molecule has 0 bridgehead atoms. The van der Waals surface area contributed by atoms with Gasteiger partial charge in [-0.1, -0.05) is 25.0 Å². The molecule has 1 aliphatic heterocycles. The number of benzene rings is 1. The Morgan fingerprint density at radius 1 is 1.17 bits per heavy atom. The smallest absolute Gasteiger partial charge is 0.137 e. The highest BCUT2D eigenvalue weighted by molar-refractivity contribution is 5.42. The highest BCUT2D eigenvalue weighted by atomic mass is 16.5. The third-order valence-corrected chi connectivity index (χ3v) is 5.33. The highest BCUT2D eigenvalue weighted by Gasteiger charge is 2.36. The second-order valence-corrected chi connectivity index (χ2v) is 6.72. The van der Waals surface area contributed by atoms with Gasteiger partial charge in [-0.05, 0) is 44.4 Å². The fraction of sp³-hybridized carbons (Fsp3) is 0.632. The van der Waals surface area contributed by atoms with Crippen LogP contribution >= 0.6 is 0 Å². The molecule has 3 rings (SSSR count). The van der Waals surface area contributed by atoms with Gasteiger partial charge >= 0.3 is 0 Å². The fourth-order valence-electron chi connectivity index (χ4n) is 4.16. The van der Waals surface area contributed by atoms with Crippen molar-refractivity contribution in [1.29, 1.82) is 5.26 Å². The molecule has 1 aromatic carbocycles. The van der Waals surface area contributed by atoms with Gasteiger partial charge in [0.05, 0.1) is 11.7 Å². The van der Waals surface area contributed by atoms with Crippen molar-refractivity contribution in [3.05, 3.63) is 29.8 Å². The maximum atomic E-state index is 10.3. The number of rotatable bonds is 5. The first-order chi connectivity index (χ1) is 11.3. The Balaban J connectivity index is 1.54. The summed E-state index contributed by atoms with van der Waals surface area (Å²) in [6, 6.07) is 10.1. The molecule has 1 saturated carbocycles.